The van der Waals surface area contributed by atoms with Crippen molar-refractivity contribution in [3.63, 3.8) is 0 Å². The van der Waals surface area contributed by atoms with Gasteiger partial charge in [0, 0.05) is 23.9 Å². The van der Waals surface area contributed by atoms with Crippen molar-refractivity contribution < 1.29 is 9.18 Å². The standard InChI is InChI=1S/C14H14FNO/c1-3-12(17)7-10-6-9(2)16-14-5-4-11(15)8-13(10)14/h4-6,8H,3,7H2,1-2H3. The van der Waals surface area contributed by atoms with Crippen LogP contribution in [0.3, 0.4) is 0 Å². The first-order valence-electron chi connectivity index (χ1n) is 5.67. The molecule has 2 nitrogen and oxygen atoms in total. The molecule has 0 bridgehead atoms. The molecule has 17 heavy (non-hydrogen) atoms. The maximum absolute atomic E-state index is 13.2. The number of aromatic nitrogens is 1. The average Bonchev–Trinajstić information content (AvgIpc) is 2.29. The van der Waals surface area contributed by atoms with Crippen molar-refractivity contribution in [2.45, 2.75) is 26.7 Å². The van der Waals surface area contributed by atoms with E-state index >= 15 is 0 Å². The van der Waals surface area contributed by atoms with Crippen molar-refractivity contribution >= 4 is 16.7 Å². The van der Waals surface area contributed by atoms with Crippen LogP contribution >= 0.6 is 0 Å². The van der Waals surface area contributed by atoms with Gasteiger partial charge in [0.25, 0.3) is 0 Å². The molecular formula is C14H14FNO. The van der Waals surface area contributed by atoms with Gasteiger partial charge in [-0.25, -0.2) is 4.39 Å². The summed E-state index contributed by atoms with van der Waals surface area (Å²) in [6.45, 7) is 3.71. The molecule has 0 spiro atoms. The molecule has 2 rings (SSSR count). The van der Waals surface area contributed by atoms with Gasteiger partial charge in [0.05, 0.1) is 5.52 Å². The number of ketones is 1. The van der Waals surface area contributed by atoms with E-state index < -0.39 is 0 Å². The second kappa shape index (κ2) is 4.62. The summed E-state index contributed by atoms with van der Waals surface area (Å²) in [4.78, 5) is 15.8. The monoisotopic (exact) mass is 231 g/mol. The zero-order valence-corrected chi connectivity index (χ0v) is 9.96. The highest BCUT2D eigenvalue weighted by atomic mass is 19.1. The smallest absolute Gasteiger partial charge is 0.137 e. The van der Waals surface area contributed by atoms with E-state index in [0.29, 0.717) is 12.8 Å². The summed E-state index contributed by atoms with van der Waals surface area (Å²) in [7, 11) is 0. The first kappa shape index (κ1) is 11.7. The number of fused-ring (bicyclic) bond motifs is 1. The molecule has 0 radical (unpaired) electrons. The van der Waals surface area contributed by atoms with Gasteiger partial charge in [-0.15, -0.1) is 0 Å². The fourth-order valence-corrected chi connectivity index (χ4v) is 1.90. The number of hydrogen-bond donors (Lipinski definition) is 0. The van der Waals surface area contributed by atoms with Crippen molar-refractivity contribution in [1.82, 2.24) is 4.98 Å². The predicted octanol–water partition coefficient (Wildman–Crippen LogP) is 3.20. The van der Waals surface area contributed by atoms with Gasteiger partial charge < -0.3 is 0 Å². The van der Waals surface area contributed by atoms with Crippen LogP contribution in [0.25, 0.3) is 10.9 Å². The molecule has 0 fully saturated rings. The summed E-state index contributed by atoms with van der Waals surface area (Å²) < 4.78 is 13.2. The molecule has 0 aliphatic heterocycles. The first-order chi connectivity index (χ1) is 8.10. The maximum atomic E-state index is 13.2. The fraction of sp³-hybridized carbons (Fsp3) is 0.286. The Morgan fingerprint density at radius 1 is 1.35 bits per heavy atom. The quantitative estimate of drug-likeness (QED) is 0.811. The average molecular weight is 231 g/mol. The predicted molar refractivity (Wildman–Crippen MR) is 65.4 cm³/mol. The zero-order valence-electron chi connectivity index (χ0n) is 9.96. The van der Waals surface area contributed by atoms with Crippen molar-refractivity contribution in [1.29, 1.82) is 0 Å². The first-order valence-corrected chi connectivity index (χ1v) is 5.67. The normalized spacial score (nSPS) is 10.8. The topological polar surface area (TPSA) is 30.0 Å². The third-order valence-electron chi connectivity index (χ3n) is 2.77. The van der Waals surface area contributed by atoms with Crippen molar-refractivity contribution in [2.24, 2.45) is 0 Å². The van der Waals surface area contributed by atoms with Gasteiger partial charge in [0.2, 0.25) is 0 Å². The van der Waals surface area contributed by atoms with Crippen molar-refractivity contribution in [3.8, 4) is 0 Å². The largest absolute Gasteiger partial charge is 0.299 e. The third-order valence-corrected chi connectivity index (χ3v) is 2.77. The van der Waals surface area contributed by atoms with E-state index in [-0.39, 0.29) is 11.6 Å². The second-order valence-corrected chi connectivity index (χ2v) is 4.15. The Hall–Kier alpha value is -1.77. The van der Waals surface area contributed by atoms with E-state index in [4.69, 9.17) is 0 Å². The molecule has 0 unspecified atom stereocenters. The molecule has 1 heterocycles. The molecule has 88 valence electrons. The lowest BCUT2D eigenvalue weighted by atomic mass is 10.0. The third kappa shape index (κ3) is 2.49. The number of benzene rings is 1. The van der Waals surface area contributed by atoms with E-state index in [0.717, 1.165) is 22.2 Å². The van der Waals surface area contributed by atoms with Crippen molar-refractivity contribution in [3.05, 3.63) is 41.3 Å². The van der Waals surface area contributed by atoms with Gasteiger partial charge in [0.1, 0.15) is 11.6 Å². The number of rotatable bonds is 3. The summed E-state index contributed by atoms with van der Waals surface area (Å²) in [6.07, 6.45) is 0.845. The van der Waals surface area contributed by atoms with E-state index in [9.17, 15) is 9.18 Å². The molecule has 0 N–H and O–H groups in total. The summed E-state index contributed by atoms with van der Waals surface area (Å²) in [5.74, 6) is -0.144. The summed E-state index contributed by atoms with van der Waals surface area (Å²) in [5, 5.41) is 0.734. The molecule has 0 amide bonds. The van der Waals surface area contributed by atoms with Gasteiger partial charge in [-0.1, -0.05) is 6.92 Å². The minimum atomic E-state index is -0.298. The number of hydrogen-bond acceptors (Lipinski definition) is 2. The Balaban J connectivity index is 2.59. The van der Waals surface area contributed by atoms with Crippen LogP contribution in [-0.2, 0) is 11.2 Å². The molecule has 0 aliphatic rings. The van der Waals surface area contributed by atoms with Crippen LogP contribution in [0.1, 0.15) is 24.6 Å². The molecule has 2 aromatic rings. The van der Waals surface area contributed by atoms with Crippen LogP contribution in [0, 0.1) is 12.7 Å². The van der Waals surface area contributed by atoms with Gasteiger partial charge in [-0.3, -0.25) is 9.78 Å². The van der Waals surface area contributed by atoms with E-state index in [1.165, 1.54) is 12.1 Å². The minimum absolute atomic E-state index is 0.154. The number of pyridine rings is 1. The van der Waals surface area contributed by atoms with Crippen LogP contribution in [0.2, 0.25) is 0 Å². The maximum Gasteiger partial charge on any atom is 0.137 e. The lowest BCUT2D eigenvalue weighted by molar-refractivity contribution is -0.118. The molecule has 0 atom stereocenters. The highest BCUT2D eigenvalue weighted by molar-refractivity contribution is 5.89. The zero-order chi connectivity index (χ0) is 12.4. The van der Waals surface area contributed by atoms with E-state index in [1.54, 1.807) is 6.07 Å². The number of halogens is 1. The number of Topliss-reactive ketones (excluding diaryl/α,β-unsaturated/α-hetero) is 1. The molecule has 3 heteroatoms. The van der Waals surface area contributed by atoms with Crippen LogP contribution in [0.15, 0.2) is 24.3 Å². The minimum Gasteiger partial charge on any atom is -0.299 e. The number of carbonyl (C=O) groups excluding carboxylic acids is 1. The fourth-order valence-electron chi connectivity index (χ4n) is 1.90. The second-order valence-electron chi connectivity index (χ2n) is 4.15. The Bertz CT molecular complexity index is 578. The molecule has 0 saturated carbocycles. The van der Waals surface area contributed by atoms with Crippen LogP contribution in [-0.4, -0.2) is 10.8 Å². The van der Waals surface area contributed by atoms with Crippen molar-refractivity contribution in [2.75, 3.05) is 0 Å². The lowest BCUT2D eigenvalue weighted by Gasteiger charge is -2.07. The van der Waals surface area contributed by atoms with Gasteiger partial charge >= 0.3 is 0 Å². The van der Waals surface area contributed by atoms with Gasteiger partial charge in [-0.05, 0) is 36.8 Å². The summed E-state index contributed by atoms with van der Waals surface area (Å²) in [5.41, 5.74) is 2.45. The summed E-state index contributed by atoms with van der Waals surface area (Å²) in [6, 6.07) is 6.34. The molecule has 1 aromatic heterocycles. The van der Waals surface area contributed by atoms with Crippen LogP contribution in [0.4, 0.5) is 4.39 Å². The van der Waals surface area contributed by atoms with Gasteiger partial charge in [0.15, 0.2) is 0 Å². The van der Waals surface area contributed by atoms with E-state index in [1.807, 2.05) is 19.9 Å². The van der Waals surface area contributed by atoms with E-state index in [2.05, 4.69) is 4.98 Å². The Morgan fingerprint density at radius 3 is 2.82 bits per heavy atom. The highest BCUT2D eigenvalue weighted by Gasteiger charge is 2.08. The Labute approximate surface area is 99.5 Å². The molecule has 0 saturated heterocycles. The molecule has 1 aromatic carbocycles. The molecular weight excluding hydrogens is 217 g/mol. The number of carbonyl (C=O) groups is 1. The number of aryl methyl sites for hydroxylation is 1. The van der Waals surface area contributed by atoms with Crippen LogP contribution < -0.4 is 0 Å². The number of nitrogens with zero attached hydrogens (tertiary/aromatic N) is 1. The van der Waals surface area contributed by atoms with Gasteiger partial charge in [-0.2, -0.15) is 0 Å². The Kier molecular flexibility index (Phi) is 3.18. The summed E-state index contributed by atoms with van der Waals surface area (Å²) >= 11 is 0. The lowest BCUT2D eigenvalue weighted by Crippen LogP contribution is -2.02. The highest BCUT2D eigenvalue weighted by Crippen LogP contribution is 2.20. The molecule has 0 aliphatic carbocycles. The SMILES string of the molecule is CCC(=O)Cc1cc(C)nc2ccc(F)cc12. The van der Waals surface area contributed by atoms with Crippen LogP contribution in [0.5, 0.6) is 0 Å². The Morgan fingerprint density at radius 2 is 2.12 bits per heavy atom.